The lowest BCUT2D eigenvalue weighted by Gasteiger charge is -2.07. The van der Waals surface area contributed by atoms with Crippen LogP contribution < -0.4 is 5.32 Å². The lowest BCUT2D eigenvalue weighted by atomic mass is 10.2. The van der Waals surface area contributed by atoms with Crippen molar-refractivity contribution in [3.8, 4) is 0 Å². The van der Waals surface area contributed by atoms with Crippen LogP contribution in [0.15, 0.2) is 12.1 Å². The van der Waals surface area contributed by atoms with E-state index in [2.05, 4.69) is 12.2 Å². The number of nitro benzene ring substituents is 1. The highest BCUT2D eigenvalue weighted by Gasteiger charge is 2.19. The maximum atomic E-state index is 11.9. The zero-order valence-corrected chi connectivity index (χ0v) is 13.0. The lowest BCUT2D eigenvalue weighted by molar-refractivity contribution is -0.384. The number of carbonyl (C=O) groups is 1. The Morgan fingerprint density at radius 2 is 2.10 bits per heavy atom. The maximum absolute atomic E-state index is 11.9. The average Bonchev–Trinajstić information content (AvgIpc) is 2.44. The highest BCUT2D eigenvalue weighted by atomic mass is 35.5. The Balaban J connectivity index is 2.60. The second kappa shape index (κ2) is 8.81. The molecule has 0 unspecified atom stereocenters. The first-order chi connectivity index (χ1) is 9.97. The Morgan fingerprint density at radius 3 is 2.71 bits per heavy atom. The zero-order chi connectivity index (χ0) is 15.8. The van der Waals surface area contributed by atoms with Crippen LogP contribution in [0.25, 0.3) is 0 Å². The third-order valence-corrected chi connectivity index (χ3v) is 3.43. The van der Waals surface area contributed by atoms with Crippen molar-refractivity contribution in [3.05, 3.63) is 37.9 Å². The van der Waals surface area contributed by atoms with Crippen molar-refractivity contribution in [2.45, 2.75) is 19.8 Å². The van der Waals surface area contributed by atoms with Crippen molar-refractivity contribution < 1.29 is 14.5 Å². The molecule has 21 heavy (non-hydrogen) atoms. The van der Waals surface area contributed by atoms with Crippen molar-refractivity contribution in [3.63, 3.8) is 0 Å². The van der Waals surface area contributed by atoms with Crippen molar-refractivity contribution >= 4 is 34.8 Å². The molecule has 1 amide bonds. The molecule has 1 aromatic rings. The molecule has 0 heterocycles. The smallest absolute Gasteiger partial charge is 0.290 e. The predicted octanol–water partition coefficient (Wildman–Crippen LogP) is 3.45. The third kappa shape index (κ3) is 5.49. The van der Waals surface area contributed by atoms with Gasteiger partial charge in [0, 0.05) is 24.8 Å². The first-order valence-corrected chi connectivity index (χ1v) is 7.22. The van der Waals surface area contributed by atoms with E-state index in [1.54, 1.807) is 0 Å². The molecule has 0 saturated heterocycles. The van der Waals surface area contributed by atoms with Crippen LogP contribution in [-0.2, 0) is 4.74 Å². The van der Waals surface area contributed by atoms with E-state index < -0.39 is 16.5 Å². The van der Waals surface area contributed by atoms with Gasteiger partial charge in [0.05, 0.1) is 16.6 Å². The molecule has 0 atom stereocenters. The summed E-state index contributed by atoms with van der Waals surface area (Å²) in [4.78, 5) is 22.0. The Bertz CT molecular complexity index is 523. The van der Waals surface area contributed by atoms with Crippen LogP contribution in [0.1, 0.15) is 30.1 Å². The van der Waals surface area contributed by atoms with Crippen LogP contribution in [0.5, 0.6) is 0 Å². The fourth-order valence-electron chi connectivity index (χ4n) is 1.53. The quantitative estimate of drug-likeness (QED) is 0.448. The summed E-state index contributed by atoms with van der Waals surface area (Å²) in [5, 5.41) is 13.2. The summed E-state index contributed by atoms with van der Waals surface area (Å²) in [6.45, 7) is 3.40. The van der Waals surface area contributed by atoms with Crippen molar-refractivity contribution in [1.82, 2.24) is 5.32 Å². The van der Waals surface area contributed by atoms with Crippen LogP contribution in [0.4, 0.5) is 5.69 Å². The number of nitrogens with zero attached hydrogens (tertiary/aromatic N) is 1. The lowest BCUT2D eigenvalue weighted by Crippen LogP contribution is -2.27. The van der Waals surface area contributed by atoms with Gasteiger partial charge in [-0.3, -0.25) is 14.9 Å². The molecule has 0 radical (unpaired) electrons. The van der Waals surface area contributed by atoms with Crippen LogP contribution in [0, 0.1) is 10.1 Å². The van der Waals surface area contributed by atoms with Gasteiger partial charge in [-0.25, -0.2) is 0 Å². The molecule has 1 rings (SSSR count). The minimum absolute atomic E-state index is 0.0322. The number of carbonyl (C=O) groups excluding carboxylic acids is 1. The molecule has 116 valence electrons. The highest BCUT2D eigenvalue weighted by Crippen LogP contribution is 2.32. The number of hydrogen-bond donors (Lipinski definition) is 1. The number of nitro groups is 1. The van der Waals surface area contributed by atoms with Gasteiger partial charge in [0.1, 0.15) is 5.02 Å². The maximum Gasteiger partial charge on any atom is 0.290 e. The van der Waals surface area contributed by atoms with E-state index >= 15 is 0 Å². The summed E-state index contributed by atoms with van der Waals surface area (Å²) >= 11 is 11.5. The van der Waals surface area contributed by atoms with E-state index in [0.717, 1.165) is 18.9 Å². The van der Waals surface area contributed by atoms with Crippen molar-refractivity contribution in [1.29, 1.82) is 0 Å². The molecule has 0 aliphatic heterocycles. The summed E-state index contributed by atoms with van der Waals surface area (Å²) < 4.78 is 5.29. The van der Waals surface area contributed by atoms with Crippen LogP contribution in [-0.4, -0.2) is 30.6 Å². The molecule has 0 spiro atoms. The molecule has 0 saturated carbocycles. The molecule has 0 bridgehead atoms. The molecular weight excluding hydrogens is 319 g/mol. The van der Waals surface area contributed by atoms with Gasteiger partial charge in [0.25, 0.3) is 11.6 Å². The topological polar surface area (TPSA) is 81.5 Å². The van der Waals surface area contributed by atoms with Gasteiger partial charge in [-0.2, -0.15) is 0 Å². The van der Waals surface area contributed by atoms with E-state index in [1.165, 1.54) is 6.07 Å². The molecule has 0 fully saturated rings. The molecule has 0 aliphatic carbocycles. The van der Waals surface area contributed by atoms with E-state index in [4.69, 9.17) is 27.9 Å². The minimum Gasteiger partial charge on any atom is -0.380 e. The second-order valence-electron chi connectivity index (χ2n) is 4.27. The Kier molecular flexibility index (Phi) is 7.42. The van der Waals surface area contributed by atoms with Gasteiger partial charge in [0.2, 0.25) is 0 Å². The predicted molar refractivity (Wildman–Crippen MR) is 81.2 cm³/mol. The number of nitrogens with one attached hydrogen (secondary N) is 1. The van der Waals surface area contributed by atoms with E-state index in [1.807, 2.05) is 0 Å². The number of halogens is 2. The summed E-state index contributed by atoms with van der Waals surface area (Å²) in [5.41, 5.74) is -0.307. The second-order valence-corrected chi connectivity index (χ2v) is 5.06. The van der Waals surface area contributed by atoms with Gasteiger partial charge in [0.15, 0.2) is 0 Å². The van der Waals surface area contributed by atoms with Gasteiger partial charge in [-0.1, -0.05) is 36.5 Å². The Hall–Kier alpha value is -1.37. The summed E-state index contributed by atoms with van der Waals surface area (Å²) in [6.07, 6.45) is 2.01. The third-order valence-electron chi connectivity index (χ3n) is 2.64. The molecule has 8 heteroatoms. The fourth-order valence-corrected chi connectivity index (χ4v) is 1.92. The van der Waals surface area contributed by atoms with Gasteiger partial charge in [-0.15, -0.1) is 0 Å². The average molecular weight is 335 g/mol. The van der Waals surface area contributed by atoms with Crippen LogP contribution in [0.2, 0.25) is 10.0 Å². The van der Waals surface area contributed by atoms with Gasteiger partial charge in [-0.05, 0) is 12.5 Å². The summed E-state index contributed by atoms with van der Waals surface area (Å²) in [7, 11) is 0. The molecule has 0 aromatic heterocycles. The zero-order valence-electron chi connectivity index (χ0n) is 11.5. The number of amides is 1. The van der Waals surface area contributed by atoms with Gasteiger partial charge >= 0.3 is 0 Å². The number of rotatable bonds is 8. The van der Waals surface area contributed by atoms with Crippen molar-refractivity contribution in [2.24, 2.45) is 0 Å². The molecular formula is C13H16Cl2N2O4. The SMILES string of the molecule is CCCCOCCNC(=O)c1cc(Cl)c(Cl)c([N+](=O)[O-])c1. The number of benzene rings is 1. The first kappa shape index (κ1) is 17.7. The van der Waals surface area contributed by atoms with Crippen LogP contribution in [0.3, 0.4) is 0 Å². The molecule has 6 nitrogen and oxygen atoms in total. The normalized spacial score (nSPS) is 10.4. The number of hydrogen-bond acceptors (Lipinski definition) is 4. The summed E-state index contributed by atoms with van der Waals surface area (Å²) in [5.74, 6) is -0.462. The van der Waals surface area contributed by atoms with E-state index in [-0.39, 0.29) is 15.6 Å². The Morgan fingerprint density at radius 1 is 1.38 bits per heavy atom. The summed E-state index contributed by atoms with van der Waals surface area (Å²) in [6, 6.07) is 2.39. The number of unbranched alkanes of at least 4 members (excludes halogenated alkanes) is 1. The molecule has 0 aliphatic rings. The molecule has 1 aromatic carbocycles. The van der Waals surface area contributed by atoms with E-state index in [0.29, 0.717) is 19.8 Å². The monoisotopic (exact) mass is 334 g/mol. The largest absolute Gasteiger partial charge is 0.380 e. The number of ether oxygens (including phenoxy) is 1. The molecule has 1 N–H and O–H groups in total. The Labute approximate surface area is 132 Å². The van der Waals surface area contributed by atoms with Gasteiger partial charge < -0.3 is 10.1 Å². The first-order valence-electron chi connectivity index (χ1n) is 6.46. The fraction of sp³-hybridized carbons (Fsp3) is 0.462. The van der Waals surface area contributed by atoms with E-state index in [9.17, 15) is 14.9 Å². The van der Waals surface area contributed by atoms with Crippen LogP contribution >= 0.6 is 23.2 Å². The highest BCUT2D eigenvalue weighted by molar-refractivity contribution is 6.43. The van der Waals surface area contributed by atoms with Crippen molar-refractivity contribution in [2.75, 3.05) is 19.8 Å². The minimum atomic E-state index is -0.682. The standard InChI is InChI=1S/C13H16Cl2N2O4/c1-2-3-5-21-6-4-16-13(18)9-7-10(14)12(15)11(8-9)17(19)20/h7-8H,2-6H2,1H3,(H,16,18).